The van der Waals surface area contributed by atoms with Crippen LogP contribution in [0.5, 0.6) is 0 Å². The summed E-state index contributed by atoms with van der Waals surface area (Å²) < 4.78 is 9.75. The van der Waals surface area contributed by atoms with Gasteiger partial charge in [0.1, 0.15) is 24.7 Å². The maximum Gasteiger partial charge on any atom is 0.408 e. The highest BCUT2D eigenvalue weighted by Crippen LogP contribution is 2.17. The van der Waals surface area contributed by atoms with E-state index in [0.29, 0.717) is 19.4 Å². The second-order valence-corrected chi connectivity index (χ2v) is 7.40. The highest BCUT2D eigenvalue weighted by molar-refractivity contribution is 5.92. The summed E-state index contributed by atoms with van der Waals surface area (Å²) in [6.45, 7) is 6.45. The van der Waals surface area contributed by atoms with E-state index in [1.807, 2.05) is 0 Å². The molecule has 1 saturated heterocycles. The van der Waals surface area contributed by atoms with Crippen LogP contribution in [0.1, 0.15) is 40.5 Å². The van der Waals surface area contributed by atoms with Gasteiger partial charge in [-0.15, -0.1) is 0 Å². The van der Waals surface area contributed by atoms with Gasteiger partial charge in [0, 0.05) is 6.54 Å². The molecule has 0 spiro atoms. The van der Waals surface area contributed by atoms with Gasteiger partial charge in [0.25, 0.3) is 0 Å². The van der Waals surface area contributed by atoms with Crippen molar-refractivity contribution >= 4 is 29.8 Å². The first-order valence-electron chi connectivity index (χ1n) is 9.50. The molecule has 1 heterocycles. The fourth-order valence-electron chi connectivity index (χ4n) is 2.63. The molecule has 0 aromatic carbocycles. The summed E-state index contributed by atoms with van der Waals surface area (Å²) in [4.78, 5) is 60.6. The fraction of sp³-hybridized carbons (Fsp3) is 0.722. The minimum Gasteiger partial charge on any atom is -0.465 e. The molecular formula is C18H30N4O7. The van der Waals surface area contributed by atoms with Crippen molar-refractivity contribution < 1.29 is 33.4 Å². The number of nitrogens with one attached hydrogen (secondary N) is 3. The Morgan fingerprint density at radius 1 is 1.00 bits per heavy atom. The van der Waals surface area contributed by atoms with E-state index in [2.05, 4.69) is 20.7 Å². The number of likely N-dealkylation sites (tertiary alicyclic amines) is 1. The molecule has 0 saturated carbocycles. The molecule has 4 amide bonds. The molecule has 1 fully saturated rings. The molecule has 0 radical (unpaired) electrons. The van der Waals surface area contributed by atoms with Gasteiger partial charge in [-0.3, -0.25) is 19.2 Å². The molecule has 0 unspecified atom stereocenters. The molecule has 1 rings (SSSR count). The van der Waals surface area contributed by atoms with Crippen molar-refractivity contribution in [2.45, 2.75) is 52.2 Å². The lowest BCUT2D eigenvalue weighted by atomic mass is 10.2. The molecule has 1 atom stereocenters. The third-order valence-electron chi connectivity index (χ3n) is 3.82. The zero-order valence-corrected chi connectivity index (χ0v) is 17.3. The minimum atomic E-state index is -0.721. The Balaban J connectivity index is 2.43. The van der Waals surface area contributed by atoms with Crippen LogP contribution in [0, 0.1) is 0 Å². The molecule has 3 N–H and O–H groups in total. The number of hydrogen-bond acceptors (Lipinski definition) is 7. The maximum atomic E-state index is 12.4. The lowest BCUT2D eigenvalue weighted by molar-refractivity contribution is -0.143. The fourth-order valence-corrected chi connectivity index (χ4v) is 2.63. The second kappa shape index (κ2) is 11.2. The number of alkyl carbamates (subject to hydrolysis) is 1. The Hall–Kier alpha value is -2.85. The van der Waals surface area contributed by atoms with Crippen LogP contribution in [0.2, 0.25) is 0 Å². The zero-order chi connectivity index (χ0) is 22.0. The maximum absolute atomic E-state index is 12.4. The SMILES string of the molecule is CCOC(=O)CNC(=O)CNC(=O)[C@@H]1CCCN1C(=O)CNC(=O)OC(C)(C)C. The van der Waals surface area contributed by atoms with Crippen LogP contribution in [-0.2, 0) is 28.7 Å². The summed E-state index contributed by atoms with van der Waals surface area (Å²) in [6, 6.07) is -0.721. The van der Waals surface area contributed by atoms with Gasteiger partial charge in [-0.05, 0) is 40.5 Å². The van der Waals surface area contributed by atoms with Crippen LogP contribution in [0.3, 0.4) is 0 Å². The van der Waals surface area contributed by atoms with Crippen LogP contribution in [0.25, 0.3) is 0 Å². The van der Waals surface area contributed by atoms with E-state index in [0.717, 1.165) is 0 Å². The highest BCUT2D eigenvalue weighted by atomic mass is 16.6. The molecular weight excluding hydrogens is 384 g/mol. The predicted molar refractivity (Wildman–Crippen MR) is 102 cm³/mol. The first-order chi connectivity index (χ1) is 13.5. The van der Waals surface area contributed by atoms with Gasteiger partial charge < -0.3 is 30.3 Å². The van der Waals surface area contributed by atoms with Crippen molar-refractivity contribution in [3.63, 3.8) is 0 Å². The van der Waals surface area contributed by atoms with E-state index in [9.17, 15) is 24.0 Å². The van der Waals surface area contributed by atoms with E-state index >= 15 is 0 Å². The monoisotopic (exact) mass is 414 g/mol. The Morgan fingerprint density at radius 2 is 1.69 bits per heavy atom. The zero-order valence-electron chi connectivity index (χ0n) is 17.3. The van der Waals surface area contributed by atoms with Gasteiger partial charge in [0.15, 0.2) is 0 Å². The number of carbonyl (C=O) groups excluding carboxylic acids is 5. The molecule has 0 bridgehead atoms. The number of carbonyl (C=O) groups is 5. The minimum absolute atomic E-state index is 0.208. The number of ether oxygens (including phenoxy) is 2. The van der Waals surface area contributed by atoms with Gasteiger partial charge in [0.05, 0.1) is 13.2 Å². The van der Waals surface area contributed by atoms with Crippen LogP contribution in [-0.4, -0.2) is 79.1 Å². The van der Waals surface area contributed by atoms with E-state index in [1.54, 1.807) is 27.7 Å². The number of hydrogen-bond donors (Lipinski definition) is 3. The molecule has 0 aliphatic carbocycles. The van der Waals surface area contributed by atoms with Gasteiger partial charge in [-0.25, -0.2) is 4.79 Å². The van der Waals surface area contributed by atoms with Crippen LogP contribution < -0.4 is 16.0 Å². The predicted octanol–water partition coefficient (Wildman–Crippen LogP) is -0.702. The van der Waals surface area contributed by atoms with Gasteiger partial charge in [-0.1, -0.05) is 0 Å². The third kappa shape index (κ3) is 9.26. The molecule has 1 aliphatic heterocycles. The molecule has 11 heteroatoms. The Bertz CT molecular complexity index is 630. The van der Waals surface area contributed by atoms with E-state index in [-0.39, 0.29) is 26.2 Å². The normalized spacial score (nSPS) is 16.0. The standard InChI is InChI=1S/C18H30N4O7/c1-5-28-15(25)11-19-13(23)9-20-16(26)12-7-6-8-22(12)14(24)10-21-17(27)29-18(2,3)4/h12H,5-11H2,1-4H3,(H,19,23)(H,20,26)(H,21,27)/t12-/m0/s1. The van der Waals surface area contributed by atoms with Crippen molar-refractivity contribution in [3.05, 3.63) is 0 Å². The Kier molecular flexibility index (Phi) is 9.36. The first kappa shape index (κ1) is 24.2. The quantitative estimate of drug-likeness (QED) is 0.446. The molecule has 11 nitrogen and oxygen atoms in total. The lowest BCUT2D eigenvalue weighted by Crippen LogP contribution is -2.50. The number of nitrogens with zero attached hydrogens (tertiary/aromatic N) is 1. The number of rotatable bonds is 8. The largest absolute Gasteiger partial charge is 0.465 e. The van der Waals surface area contributed by atoms with Crippen molar-refractivity contribution in [2.75, 3.05) is 32.8 Å². The van der Waals surface area contributed by atoms with Gasteiger partial charge in [-0.2, -0.15) is 0 Å². The molecule has 164 valence electrons. The van der Waals surface area contributed by atoms with E-state index in [4.69, 9.17) is 4.74 Å². The average Bonchev–Trinajstić information content (AvgIpc) is 3.11. The van der Waals surface area contributed by atoms with E-state index in [1.165, 1.54) is 4.90 Å². The average molecular weight is 414 g/mol. The smallest absolute Gasteiger partial charge is 0.408 e. The Morgan fingerprint density at radius 3 is 2.31 bits per heavy atom. The molecule has 29 heavy (non-hydrogen) atoms. The first-order valence-corrected chi connectivity index (χ1v) is 9.50. The second-order valence-electron chi connectivity index (χ2n) is 7.40. The Labute approximate surface area is 169 Å². The van der Waals surface area contributed by atoms with Crippen molar-refractivity contribution in [2.24, 2.45) is 0 Å². The van der Waals surface area contributed by atoms with Crippen molar-refractivity contribution in [1.29, 1.82) is 0 Å². The molecule has 0 aromatic rings. The summed E-state index contributed by atoms with van der Waals surface area (Å²) >= 11 is 0. The summed E-state index contributed by atoms with van der Waals surface area (Å²) in [5, 5.41) is 7.15. The topological polar surface area (TPSA) is 143 Å². The number of esters is 1. The summed E-state index contributed by atoms with van der Waals surface area (Å²) in [7, 11) is 0. The molecule has 0 aromatic heterocycles. The summed E-state index contributed by atoms with van der Waals surface area (Å²) in [6.07, 6.45) is 0.365. The van der Waals surface area contributed by atoms with Crippen LogP contribution in [0.15, 0.2) is 0 Å². The van der Waals surface area contributed by atoms with Gasteiger partial charge in [0.2, 0.25) is 17.7 Å². The molecule has 1 aliphatic rings. The van der Waals surface area contributed by atoms with Crippen LogP contribution in [0.4, 0.5) is 4.79 Å². The van der Waals surface area contributed by atoms with Crippen molar-refractivity contribution in [3.8, 4) is 0 Å². The summed E-state index contributed by atoms with van der Waals surface area (Å²) in [5.41, 5.74) is -0.683. The van der Waals surface area contributed by atoms with Crippen LogP contribution >= 0.6 is 0 Å². The third-order valence-corrected chi connectivity index (χ3v) is 3.82. The summed E-state index contributed by atoms with van der Waals surface area (Å²) in [5.74, 6) is -2.01. The highest BCUT2D eigenvalue weighted by Gasteiger charge is 2.34. The van der Waals surface area contributed by atoms with Crippen molar-refractivity contribution in [1.82, 2.24) is 20.9 Å². The number of amides is 4. The lowest BCUT2D eigenvalue weighted by Gasteiger charge is -2.24. The van der Waals surface area contributed by atoms with Gasteiger partial charge >= 0.3 is 12.1 Å². The van der Waals surface area contributed by atoms with E-state index < -0.39 is 41.4 Å².